The summed E-state index contributed by atoms with van der Waals surface area (Å²) in [5, 5.41) is 8.74. The fourth-order valence-corrected chi connectivity index (χ4v) is 3.46. The number of thiophene rings is 1. The first-order valence-electron chi connectivity index (χ1n) is 8.17. The minimum atomic E-state index is -0.406. The molecular formula is C20H14FN3O2S. The highest BCUT2D eigenvalue weighted by atomic mass is 32.1. The van der Waals surface area contributed by atoms with Crippen LogP contribution in [-0.2, 0) is 0 Å². The molecule has 5 nitrogen and oxygen atoms in total. The van der Waals surface area contributed by atoms with Crippen molar-refractivity contribution < 1.29 is 13.7 Å². The van der Waals surface area contributed by atoms with Crippen LogP contribution in [0.1, 0.15) is 27.0 Å². The second kappa shape index (κ2) is 7.51. The standard InChI is InChI=1S/C20H14FN3O2S/c21-15-7-5-13(6-8-15)19(18-4-2-10-27-18)23-20(25)16-11-17(26-24-16)14-3-1-9-22-12-14/h1-12,19H,(H,23,25). The topological polar surface area (TPSA) is 68.0 Å². The zero-order valence-electron chi connectivity index (χ0n) is 14.0. The lowest BCUT2D eigenvalue weighted by molar-refractivity contribution is 0.0934. The van der Waals surface area contributed by atoms with Gasteiger partial charge in [0, 0.05) is 28.9 Å². The van der Waals surface area contributed by atoms with Crippen LogP contribution in [0.2, 0.25) is 0 Å². The molecule has 0 fully saturated rings. The van der Waals surface area contributed by atoms with Gasteiger partial charge < -0.3 is 9.84 Å². The van der Waals surface area contributed by atoms with E-state index in [-0.39, 0.29) is 17.4 Å². The molecule has 3 heterocycles. The molecule has 0 aliphatic heterocycles. The van der Waals surface area contributed by atoms with Gasteiger partial charge in [0.25, 0.3) is 5.91 Å². The summed E-state index contributed by atoms with van der Waals surface area (Å²) in [6.45, 7) is 0. The van der Waals surface area contributed by atoms with Gasteiger partial charge in [0.05, 0.1) is 6.04 Å². The molecule has 0 aliphatic carbocycles. The van der Waals surface area contributed by atoms with Gasteiger partial charge in [0.2, 0.25) is 0 Å². The first-order valence-corrected chi connectivity index (χ1v) is 9.05. The smallest absolute Gasteiger partial charge is 0.274 e. The van der Waals surface area contributed by atoms with E-state index in [2.05, 4.69) is 15.5 Å². The number of hydrogen-bond acceptors (Lipinski definition) is 5. The predicted molar refractivity (Wildman–Crippen MR) is 99.8 cm³/mol. The van der Waals surface area contributed by atoms with Crippen LogP contribution >= 0.6 is 11.3 Å². The Hall–Kier alpha value is -3.32. The average molecular weight is 379 g/mol. The number of carbonyl (C=O) groups excluding carboxylic acids is 1. The fourth-order valence-electron chi connectivity index (χ4n) is 2.66. The molecule has 1 aromatic carbocycles. The highest BCUT2D eigenvalue weighted by molar-refractivity contribution is 7.10. The molecule has 1 N–H and O–H groups in total. The van der Waals surface area contributed by atoms with Crippen molar-refractivity contribution in [1.29, 1.82) is 0 Å². The minimum Gasteiger partial charge on any atom is -0.355 e. The van der Waals surface area contributed by atoms with E-state index in [1.165, 1.54) is 23.5 Å². The molecule has 0 spiro atoms. The van der Waals surface area contributed by atoms with Gasteiger partial charge >= 0.3 is 0 Å². The molecule has 0 aliphatic rings. The molecule has 0 saturated heterocycles. The van der Waals surface area contributed by atoms with Crippen molar-refractivity contribution in [2.75, 3.05) is 0 Å². The Morgan fingerprint density at radius 2 is 2.00 bits per heavy atom. The monoisotopic (exact) mass is 379 g/mol. The Kier molecular flexibility index (Phi) is 4.76. The van der Waals surface area contributed by atoms with E-state index in [0.717, 1.165) is 16.0 Å². The first kappa shape index (κ1) is 17.1. The number of benzene rings is 1. The third-order valence-electron chi connectivity index (χ3n) is 4.00. The number of aromatic nitrogens is 2. The highest BCUT2D eigenvalue weighted by Gasteiger charge is 2.21. The fraction of sp³-hybridized carbons (Fsp3) is 0.0500. The summed E-state index contributed by atoms with van der Waals surface area (Å²) in [6.07, 6.45) is 3.29. The maximum absolute atomic E-state index is 13.3. The van der Waals surface area contributed by atoms with Crippen LogP contribution in [0.3, 0.4) is 0 Å². The minimum absolute atomic E-state index is 0.164. The van der Waals surface area contributed by atoms with Gasteiger partial charge in [0.1, 0.15) is 5.82 Å². The number of rotatable bonds is 5. The normalized spacial score (nSPS) is 11.9. The summed E-state index contributed by atoms with van der Waals surface area (Å²) in [7, 11) is 0. The van der Waals surface area contributed by atoms with E-state index in [0.29, 0.717) is 5.76 Å². The molecule has 1 unspecified atom stereocenters. The van der Waals surface area contributed by atoms with Crippen molar-refractivity contribution in [1.82, 2.24) is 15.5 Å². The summed E-state index contributed by atoms with van der Waals surface area (Å²) < 4.78 is 18.5. The van der Waals surface area contributed by atoms with E-state index < -0.39 is 6.04 Å². The van der Waals surface area contributed by atoms with Crippen molar-refractivity contribution in [3.05, 3.63) is 94.3 Å². The Labute approximate surface area is 158 Å². The van der Waals surface area contributed by atoms with Crippen LogP contribution in [0.25, 0.3) is 11.3 Å². The lowest BCUT2D eigenvalue weighted by Gasteiger charge is -2.17. The molecule has 7 heteroatoms. The predicted octanol–water partition coefficient (Wildman–Crippen LogP) is 4.46. The maximum atomic E-state index is 13.3. The Bertz CT molecular complexity index is 1030. The molecule has 27 heavy (non-hydrogen) atoms. The van der Waals surface area contributed by atoms with Gasteiger partial charge in [-0.15, -0.1) is 11.3 Å². The zero-order chi connectivity index (χ0) is 18.6. The highest BCUT2D eigenvalue weighted by Crippen LogP contribution is 2.27. The molecule has 0 saturated carbocycles. The lowest BCUT2D eigenvalue weighted by atomic mass is 10.0. The molecule has 4 rings (SSSR count). The quantitative estimate of drug-likeness (QED) is 0.556. The summed E-state index contributed by atoms with van der Waals surface area (Å²) in [5.74, 6) is -0.244. The second-order valence-electron chi connectivity index (χ2n) is 5.79. The van der Waals surface area contributed by atoms with Crippen molar-refractivity contribution in [2.24, 2.45) is 0 Å². The number of carbonyl (C=O) groups is 1. The Morgan fingerprint density at radius 1 is 1.15 bits per heavy atom. The van der Waals surface area contributed by atoms with Gasteiger partial charge in [-0.1, -0.05) is 23.4 Å². The van der Waals surface area contributed by atoms with Gasteiger partial charge in [-0.25, -0.2) is 4.39 Å². The van der Waals surface area contributed by atoms with Gasteiger partial charge in [-0.2, -0.15) is 0 Å². The molecular weight excluding hydrogens is 365 g/mol. The number of pyridine rings is 1. The SMILES string of the molecule is O=C(NC(c1ccc(F)cc1)c1cccs1)c1cc(-c2cccnc2)on1. The molecule has 1 amide bonds. The van der Waals surface area contributed by atoms with E-state index in [9.17, 15) is 9.18 Å². The van der Waals surface area contributed by atoms with Crippen molar-refractivity contribution >= 4 is 17.2 Å². The molecule has 134 valence electrons. The average Bonchev–Trinajstić information content (AvgIpc) is 3.40. The van der Waals surface area contributed by atoms with Crippen LogP contribution in [0.15, 0.2) is 76.9 Å². The molecule has 0 radical (unpaired) electrons. The zero-order valence-corrected chi connectivity index (χ0v) is 14.8. The van der Waals surface area contributed by atoms with Crippen LogP contribution < -0.4 is 5.32 Å². The van der Waals surface area contributed by atoms with Crippen molar-refractivity contribution in [3.63, 3.8) is 0 Å². The molecule has 3 aromatic heterocycles. The van der Waals surface area contributed by atoms with Gasteiger partial charge in [-0.3, -0.25) is 9.78 Å². The summed E-state index contributed by atoms with van der Waals surface area (Å²) in [6, 6.07) is 14.6. The van der Waals surface area contributed by atoms with Crippen molar-refractivity contribution in [2.45, 2.75) is 6.04 Å². The summed E-state index contributed by atoms with van der Waals surface area (Å²) >= 11 is 1.51. The maximum Gasteiger partial charge on any atom is 0.274 e. The third kappa shape index (κ3) is 3.78. The number of halogens is 1. The largest absolute Gasteiger partial charge is 0.355 e. The van der Waals surface area contributed by atoms with Crippen LogP contribution in [0.5, 0.6) is 0 Å². The number of amides is 1. The third-order valence-corrected chi connectivity index (χ3v) is 4.93. The lowest BCUT2D eigenvalue weighted by Crippen LogP contribution is -2.29. The molecule has 0 bridgehead atoms. The number of nitrogens with one attached hydrogen (secondary N) is 1. The summed E-state index contributed by atoms with van der Waals surface area (Å²) in [5.41, 5.74) is 1.68. The Balaban J connectivity index is 1.59. The van der Waals surface area contributed by atoms with E-state index in [1.54, 1.807) is 36.7 Å². The summed E-state index contributed by atoms with van der Waals surface area (Å²) in [4.78, 5) is 17.7. The van der Waals surface area contributed by atoms with E-state index in [4.69, 9.17) is 4.52 Å². The molecule has 4 aromatic rings. The number of hydrogen-bond donors (Lipinski definition) is 1. The Morgan fingerprint density at radius 3 is 2.70 bits per heavy atom. The second-order valence-corrected chi connectivity index (χ2v) is 6.77. The molecule has 1 atom stereocenters. The van der Waals surface area contributed by atoms with Gasteiger partial charge in [0.15, 0.2) is 11.5 Å². The first-order chi connectivity index (χ1) is 13.2. The van der Waals surface area contributed by atoms with Crippen molar-refractivity contribution in [3.8, 4) is 11.3 Å². The van der Waals surface area contributed by atoms with E-state index >= 15 is 0 Å². The van der Waals surface area contributed by atoms with Crippen LogP contribution in [-0.4, -0.2) is 16.0 Å². The van der Waals surface area contributed by atoms with Gasteiger partial charge in [-0.05, 0) is 41.3 Å². The van der Waals surface area contributed by atoms with E-state index in [1.807, 2.05) is 23.6 Å². The number of nitrogens with zero attached hydrogens (tertiary/aromatic N) is 2. The van der Waals surface area contributed by atoms with Crippen LogP contribution in [0, 0.1) is 5.82 Å². The van der Waals surface area contributed by atoms with Crippen LogP contribution in [0.4, 0.5) is 4.39 Å².